The maximum absolute atomic E-state index is 13.2. The van der Waals surface area contributed by atoms with Gasteiger partial charge in [-0.05, 0) is 37.8 Å². The van der Waals surface area contributed by atoms with Crippen molar-refractivity contribution in [2.45, 2.75) is 51.0 Å². The molecule has 1 aromatic rings. The minimum atomic E-state index is -0.989. The van der Waals surface area contributed by atoms with Gasteiger partial charge in [0.05, 0.1) is 0 Å². The first kappa shape index (κ1) is 18.6. The molecule has 0 radical (unpaired) electrons. The predicted octanol–water partition coefficient (Wildman–Crippen LogP) is 3.66. The average Bonchev–Trinajstić information content (AvgIpc) is 2.65. The van der Waals surface area contributed by atoms with Crippen LogP contribution in [0.25, 0.3) is 0 Å². The number of benzene rings is 1. The summed E-state index contributed by atoms with van der Waals surface area (Å²) in [6.07, 6.45) is 6.78. The molecule has 7 heteroatoms. The fourth-order valence-corrected chi connectivity index (χ4v) is 3.68. The lowest BCUT2D eigenvalue weighted by Gasteiger charge is -2.33. The normalized spacial score (nSPS) is 19.2. The van der Waals surface area contributed by atoms with Crippen LogP contribution >= 0.6 is 0 Å². The summed E-state index contributed by atoms with van der Waals surface area (Å²) in [5, 5.41) is 5.72. The van der Waals surface area contributed by atoms with Gasteiger partial charge in [0.25, 0.3) is 0 Å². The number of hydrogen-bond acceptors (Lipinski definition) is 2. The van der Waals surface area contributed by atoms with Crippen LogP contribution in [0, 0.1) is 17.6 Å². The second-order valence-electron chi connectivity index (χ2n) is 7.16. The lowest BCUT2D eigenvalue weighted by molar-refractivity contribution is -0.121. The lowest BCUT2D eigenvalue weighted by Crippen LogP contribution is -2.49. The van der Waals surface area contributed by atoms with Gasteiger partial charge in [-0.3, -0.25) is 4.79 Å². The van der Waals surface area contributed by atoms with Gasteiger partial charge in [0, 0.05) is 36.8 Å². The Kier molecular flexibility index (Phi) is 6.06. The summed E-state index contributed by atoms with van der Waals surface area (Å²) in [4.78, 5) is 26.4. The molecular formula is C19H25F2N3O2. The summed E-state index contributed by atoms with van der Waals surface area (Å²) in [5.41, 5.74) is 0.242. The van der Waals surface area contributed by atoms with Gasteiger partial charge in [-0.1, -0.05) is 19.3 Å². The zero-order valence-corrected chi connectivity index (χ0v) is 14.8. The standard InChI is InChI=1S/C19H25F2N3O2/c20-16-7-6-15(12-17(16)21)22-18(25)13-8-10-24(11-9-13)19(26)23-14-4-2-1-3-5-14/h6-7,12-14H,1-5,8-11H2,(H,22,25)(H,23,26). The summed E-state index contributed by atoms with van der Waals surface area (Å²) in [7, 11) is 0. The number of amides is 3. The first-order valence-corrected chi connectivity index (χ1v) is 9.34. The van der Waals surface area contributed by atoms with Gasteiger partial charge in [-0.15, -0.1) is 0 Å². The second-order valence-corrected chi connectivity index (χ2v) is 7.16. The number of anilines is 1. The molecule has 1 saturated carbocycles. The van der Waals surface area contributed by atoms with Crippen molar-refractivity contribution in [1.29, 1.82) is 0 Å². The number of hydrogen-bond donors (Lipinski definition) is 2. The Morgan fingerprint density at radius 2 is 1.65 bits per heavy atom. The maximum atomic E-state index is 13.2. The van der Waals surface area contributed by atoms with E-state index in [1.165, 1.54) is 12.5 Å². The van der Waals surface area contributed by atoms with Crippen molar-refractivity contribution in [2.24, 2.45) is 5.92 Å². The second kappa shape index (κ2) is 8.47. The highest BCUT2D eigenvalue weighted by Gasteiger charge is 2.28. The highest BCUT2D eigenvalue weighted by Crippen LogP contribution is 2.22. The predicted molar refractivity (Wildman–Crippen MR) is 94.7 cm³/mol. The van der Waals surface area contributed by atoms with Gasteiger partial charge >= 0.3 is 6.03 Å². The van der Waals surface area contributed by atoms with Crippen molar-refractivity contribution in [2.75, 3.05) is 18.4 Å². The van der Waals surface area contributed by atoms with E-state index in [1.807, 2.05) is 0 Å². The molecule has 26 heavy (non-hydrogen) atoms. The molecule has 1 saturated heterocycles. The first-order valence-electron chi connectivity index (χ1n) is 9.34. The largest absolute Gasteiger partial charge is 0.335 e. The van der Waals surface area contributed by atoms with Crippen LogP contribution in [-0.2, 0) is 4.79 Å². The molecule has 0 bridgehead atoms. The van der Waals surface area contributed by atoms with Gasteiger partial charge in [0.2, 0.25) is 5.91 Å². The molecule has 2 fully saturated rings. The highest BCUT2D eigenvalue weighted by atomic mass is 19.2. The quantitative estimate of drug-likeness (QED) is 0.859. The summed E-state index contributed by atoms with van der Waals surface area (Å²) in [6, 6.07) is 3.52. The Balaban J connectivity index is 1.45. The topological polar surface area (TPSA) is 61.4 Å². The molecule has 0 spiro atoms. The van der Waals surface area contributed by atoms with E-state index in [-0.39, 0.29) is 29.6 Å². The summed E-state index contributed by atoms with van der Waals surface area (Å²) >= 11 is 0. The van der Waals surface area contributed by atoms with E-state index in [1.54, 1.807) is 4.90 Å². The molecule has 5 nitrogen and oxygen atoms in total. The number of carbonyl (C=O) groups excluding carboxylic acids is 2. The minimum absolute atomic E-state index is 0.0450. The van der Waals surface area contributed by atoms with Crippen LogP contribution in [0.1, 0.15) is 44.9 Å². The number of piperidine rings is 1. The van der Waals surface area contributed by atoms with Crippen LogP contribution in [-0.4, -0.2) is 36.0 Å². The third kappa shape index (κ3) is 4.71. The van der Waals surface area contributed by atoms with E-state index in [0.717, 1.165) is 37.8 Å². The molecule has 0 atom stereocenters. The van der Waals surface area contributed by atoms with Crippen molar-refractivity contribution in [3.05, 3.63) is 29.8 Å². The van der Waals surface area contributed by atoms with E-state index in [4.69, 9.17) is 0 Å². The first-order chi connectivity index (χ1) is 12.5. The fraction of sp³-hybridized carbons (Fsp3) is 0.579. The summed E-state index contributed by atoms with van der Waals surface area (Å²) in [5.74, 6) is -2.39. The molecule has 1 aromatic carbocycles. The Bertz CT molecular complexity index is 654. The highest BCUT2D eigenvalue weighted by molar-refractivity contribution is 5.92. The average molecular weight is 365 g/mol. The molecule has 1 aliphatic heterocycles. The third-order valence-electron chi connectivity index (χ3n) is 5.27. The molecule has 3 amide bonds. The SMILES string of the molecule is O=C(Nc1ccc(F)c(F)c1)C1CCN(C(=O)NC2CCCCC2)CC1. The van der Waals surface area contributed by atoms with E-state index in [9.17, 15) is 18.4 Å². The number of nitrogens with one attached hydrogen (secondary N) is 2. The van der Waals surface area contributed by atoms with Gasteiger partial charge in [-0.2, -0.15) is 0 Å². The van der Waals surface area contributed by atoms with Crippen molar-refractivity contribution >= 4 is 17.6 Å². The van der Waals surface area contributed by atoms with Crippen LogP contribution < -0.4 is 10.6 Å². The summed E-state index contributed by atoms with van der Waals surface area (Å²) in [6.45, 7) is 1.04. The molecular weight excluding hydrogens is 340 g/mol. The monoisotopic (exact) mass is 365 g/mol. The molecule has 0 unspecified atom stereocenters. The Labute approximate surface area is 152 Å². The minimum Gasteiger partial charge on any atom is -0.335 e. The van der Waals surface area contributed by atoms with Crippen molar-refractivity contribution in [3.63, 3.8) is 0 Å². The molecule has 1 aliphatic carbocycles. The maximum Gasteiger partial charge on any atom is 0.317 e. The number of nitrogens with zero attached hydrogens (tertiary/aromatic N) is 1. The molecule has 0 aromatic heterocycles. The zero-order valence-electron chi connectivity index (χ0n) is 14.8. The summed E-state index contributed by atoms with van der Waals surface area (Å²) < 4.78 is 26.2. The van der Waals surface area contributed by atoms with Crippen molar-refractivity contribution in [3.8, 4) is 0 Å². The number of rotatable bonds is 3. The molecule has 2 aliphatic rings. The van der Waals surface area contributed by atoms with E-state index < -0.39 is 11.6 Å². The van der Waals surface area contributed by atoms with Crippen molar-refractivity contribution in [1.82, 2.24) is 10.2 Å². The van der Waals surface area contributed by atoms with Gasteiger partial charge < -0.3 is 15.5 Å². The van der Waals surface area contributed by atoms with E-state index in [2.05, 4.69) is 10.6 Å². The van der Waals surface area contributed by atoms with Crippen molar-refractivity contribution < 1.29 is 18.4 Å². The number of urea groups is 1. The van der Waals surface area contributed by atoms with Gasteiger partial charge in [0.15, 0.2) is 11.6 Å². The Hall–Kier alpha value is -2.18. The smallest absolute Gasteiger partial charge is 0.317 e. The number of carbonyl (C=O) groups is 2. The van der Waals surface area contributed by atoms with Crippen LogP contribution in [0.15, 0.2) is 18.2 Å². The Morgan fingerprint density at radius 3 is 2.31 bits per heavy atom. The molecule has 1 heterocycles. The molecule has 2 N–H and O–H groups in total. The van der Waals surface area contributed by atoms with Crippen LogP contribution in [0.4, 0.5) is 19.3 Å². The fourth-order valence-electron chi connectivity index (χ4n) is 3.68. The lowest BCUT2D eigenvalue weighted by atomic mass is 9.95. The van der Waals surface area contributed by atoms with Crippen LogP contribution in [0.3, 0.4) is 0 Å². The van der Waals surface area contributed by atoms with Gasteiger partial charge in [-0.25, -0.2) is 13.6 Å². The molecule has 142 valence electrons. The molecule has 3 rings (SSSR count). The zero-order chi connectivity index (χ0) is 18.5. The van der Waals surface area contributed by atoms with E-state index in [0.29, 0.717) is 25.9 Å². The van der Waals surface area contributed by atoms with E-state index >= 15 is 0 Å². The number of likely N-dealkylation sites (tertiary alicyclic amines) is 1. The Morgan fingerprint density at radius 1 is 0.962 bits per heavy atom. The number of halogens is 2. The van der Waals surface area contributed by atoms with Crippen LogP contribution in [0.2, 0.25) is 0 Å². The van der Waals surface area contributed by atoms with Gasteiger partial charge in [0.1, 0.15) is 0 Å². The third-order valence-corrected chi connectivity index (χ3v) is 5.27. The van der Waals surface area contributed by atoms with Crippen LogP contribution in [0.5, 0.6) is 0 Å².